The van der Waals surface area contributed by atoms with Gasteiger partial charge in [0.05, 0.1) is 16.1 Å². The number of carbonyl (C=O) groups excluding carboxylic acids is 1. The number of carbonyl (C=O) groups is 1. The lowest BCUT2D eigenvalue weighted by Gasteiger charge is -2.43. The van der Waals surface area contributed by atoms with Crippen LogP contribution in [0.5, 0.6) is 5.75 Å². The van der Waals surface area contributed by atoms with Crippen molar-refractivity contribution in [2.24, 2.45) is 0 Å². The smallest absolute Gasteiger partial charge is 0.387 e. The van der Waals surface area contributed by atoms with Gasteiger partial charge in [-0.15, -0.1) is 0 Å². The van der Waals surface area contributed by atoms with Crippen molar-refractivity contribution in [2.45, 2.75) is 50.6 Å². The lowest BCUT2D eigenvalue weighted by molar-refractivity contribution is -0.0497. The van der Waals surface area contributed by atoms with Crippen LogP contribution in [0.4, 0.5) is 13.2 Å². The van der Waals surface area contributed by atoms with Gasteiger partial charge in [0, 0.05) is 42.8 Å². The lowest BCUT2D eigenvalue weighted by atomic mass is 9.88. The summed E-state index contributed by atoms with van der Waals surface area (Å²) in [5.41, 5.74) is 0.782. The number of fused-ring (bicyclic) bond motifs is 1. The molecule has 1 amide bonds. The summed E-state index contributed by atoms with van der Waals surface area (Å²) in [6, 6.07) is 4.88. The van der Waals surface area contributed by atoms with Gasteiger partial charge in [-0.2, -0.15) is 8.78 Å². The predicted octanol–water partition coefficient (Wildman–Crippen LogP) is 4.18. The largest absolute Gasteiger partial charge is 0.433 e. The van der Waals surface area contributed by atoms with E-state index in [1.165, 1.54) is 18.3 Å². The van der Waals surface area contributed by atoms with E-state index in [2.05, 4.69) is 19.9 Å². The minimum atomic E-state index is -2.98. The molecular formula is C20H21ClF3N3O2. The summed E-state index contributed by atoms with van der Waals surface area (Å²) in [4.78, 5) is 19.0. The second-order valence-electron chi connectivity index (χ2n) is 7.61. The number of rotatable bonds is 5. The third-order valence-corrected chi connectivity index (χ3v) is 5.92. The highest BCUT2D eigenvalue weighted by Gasteiger charge is 2.34. The average Bonchev–Trinajstić information content (AvgIpc) is 2.66. The van der Waals surface area contributed by atoms with Crippen molar-refractivity contribution >= 4 is 28.4 Å². The van der Waals surface area contributed by atoms with E-state index in [0.29, 0.717) is 35.6 Å². The molecule has 1 aromatic heterocycles. The second-order valence-corrected chi connectivity index (χ2v) is 8.02. The molecule has 2 fully saturated rings. The van der Waals surface area contributed by atoms with Crippen LogP contribution in [-0.2, 0) is 0 Å². The number of hydrogen-bond acceptors (Lipinski definition) is 4. The number of aromatic nitrogens is 1. The molecule has 1 aromatic carbocycles. The maximum atomic E-state index is 13.0. The summed E-state index contributed by atoms with van der Waals surface area (Å²) in [7, 11) is 0. The topological polar surface area (TPSA) is 54.5 Å². The molecule has 9 heteroatoms. The van der Waals surface area contributed by atoms with Crippen molar-refractivity contribution in [1.82, 2.24) is 15.2 Å². The van der Waals surface area contributed by atoms with Crippen molar-refractivity contribution < 1.29 is 22.7 Å². The Balaban J connectivity index is 1.38. The second kappa shape index (κ2) is 8.36. The summed E-state index contributed by atoms with van der Waals surface area (Å²) in [6.45, 7) is -1.93. The van der Waals surface area contributed by atoms with Gasteiger partial charge in [-0.25, -0.2) is 4.39 Å². The molecule has 4 rings (SSSR count). The number of ether oxygens (including phenoxy) is 1. The normalized spacial score (nSPS) is 23.2. The minimum Gasteiger partial charge on any atom is -0.433 e. The van der Waals surface area contributed by atoms with Gasteiger partial charge in [0.2, 0.25) is 0 Å². The first-order valence-electron chi connectivity index (χ1n) is 9.62. The van der Waals surface area contributed by atoms with Crippen LogP contribution < -0.4 is 10.1 Å². The number of pyridine rings is 1. The van der Waals surface area contributed by atoms with Crippen molar-refractivity contribution in [3.05, 3.63) is 35.0 Å². The summed E-state index contributed by atoms with van der Waals surface area (Å²) in [5, 5.41) is 3.61. The molecule has 0 unspecified atom stereocenters. The van der Waals surface area contributed by atoms with Crippen molar-refractivity contribution in [2.75, 3.05) is 13.1 Å². The fourth-order valence-corrected chi connectivity index (χ4v) is 4.26. The number of hydrogen-bond donors (Lipinski definition) is 1. The molecule has 1 aliphatic carbocycles. The molecule has 1 N–H and O–H groups in total. The van der Waals surface area contributed by atoms with Gasteiger partial charge >= 0.3 is 6.61 Å². The van der Waals surface area contributed by atoms with Crippen LogP contribution in [0.3, 0.4) is 0 Å². The van der Waals surface area contributed by atoms with Crippen molar-refractivity contribution in [3.8, 4) is 5.75 Å². The van der Waals surface area contributed by atoms with Crippen LogP contribution in [0.1, 0.15) is 36.0 Å². The van der Waals surface area contributed by atoms with E-state index in [-0.39, 0.29) is 22.7 Å². The number of nitrogens with one attached hydrogen (secondary N) is 1. The Morgan fingerprint density at radius 3 is 2.59 bits per heavy atom. The maximum Gasteiger partial charge on any atom is 0.387 e. The van der Waals surface area contributed by atoms with Crippen LogP contribution >= 0.6 is 11.6 Å². The zero-order valence-corrected chi connectivity index (χ0v) is 16.3. The third kappa shape index (κ3) is 4.59. The van der Waals surface area contributed by atoms with E-state index in [0.717, 1.165) is 25.7 Å². The van der Waals surface area contributed by atoms with Crippen LogP contribution in [0.2, 0.25) is 5.02 Å². The highest BCUT2D eigenvalue weighted by atomic mass is 35.5. The molecule has 1 saturated heterocycles. The molecule has 2 aliphatic rings. The van der Waals surface area contributed by atoms with E-state index in [1.807, 2.05) is 0 Å². The Labute approximate surface area is 171 Å². The molecule has 1 saturated carbocycles. The van der Waals surface area contributed by atoms with Crippen LogP contribution in [0, 0.1) is 0 Å². The zero-order valence-electron chi connectivity index (χ0n) is 15.6. The van der Waals surface area contributed by atoms with Crippen LogP contribution in [0.25, 0.3) is 10.9 Å². The van der Waals surface area contributed by atoms with Gasteiger partial charge < -0.3 is 10.1 Å². The number of likely N-dealkylation sites (tertiary alicyclic amines) is 1. The standard InChI is InChI=1S/C20H21ClF3N3O2/c21-16-6-11-5-12(8-25-17(11)7-18(16)29-20(23)24)19(28)26-14-1-3-15(4-2-14)27-9-13(22)10-27/h5-8,13-15,20H,1-4,9-10H2,(H,26,28)/t14-,15-. The van der Waals surface area contributed by atoms with E-state index in [1.54, 1.807) is 6.07 Å². The molecule has 0 bridgehead atoms. The summed E-state index contributed by atoms with van der Waals surface area (Å²) in [5.74, 6) is -0.392. The predicted molar refractivity (Wildman–Crippen MR) is 103 cm³/mol. The van der Waals surface area contributed by atoms with E-state index in [9.17, 15) is 18.0 Å². The van der Waals surface area contributed by atoms with Crippen LogP contribution in [0.15, 0.2) is 24.4 Å². The molecule has 5 nitrogen and oxygen atoms in total. The Morgan fingerprint density at radius 1 is 1.21 bits per heavy atom. The minimum absolute atomic E-state index is 0.0250. The molecule has 0 atom stereocenters. The molecule has 29 heavy (non-hydrogen) atoms. The molecule has 2 heterocycles. The maximum absolute atomic E-state index is 13.0. The quantitative estimate of drug-likeness (QED) is 0.777. The first kappa shape index (κ1) is 20.2. The van der Waals surface area contributed by atoms with Gasteiger partial charge in [-0.05, 0) is 37.8 Å². The van der Waals surface area contributed by atoms with Crippen LogP contribution in [-0.4, -0.2) is 53.7 Å². The van der Waals surface area contributed by atoms with E-state index in [4.69, 9.17) is 11.6 Å². The van der Waals surface area contributed by atoms with Crippen molar-refractivity contribution in [1.29, 1.82) is 0 Å². The van der Waals surface area contributed by atoms with Gasteiger partial charge in [0.25, 0.3) is 5.91 Å². The highest BCUT2D eigenvalue weighted by Crippen LogP contribution is 2.31. The molecule has 156 valence electrons. The lowest BCUT2D eigenvalue weighted by Crippen LogP contribution is -2.55. The fourth-order valence-electron chi connectivity index (χ4n) is 4.05. The molecular weight excluding hydrogens is 407 g/mol. The number of amides is 1. The summed E-state index contributed by atoms with van der Waals surface area (Å²) >= 11 is 5.99. The number of benzene rings is 1. The van der Waals surface area contributed by atoms with E-state index >= 15 is 0 Å². The summed E-state index contributed by atoms with van der Waals surface area (Å²) in [6.07, 6.45) is 4.30. The first-order chi connectivity index (χ1) is 13.9. The zero-order chi connectivity index (χ0) is 20.5. The van der Waals surface area contributed by atoms with Gasteiger partial charge in [-0.1, -0.05) is 11.6 Å². The molecule has 0 radical (unpaired) electrons. The van der Waals surface area contributed by atoms with Gasteiger partial charge in [0.1, 0.15) is 11.9 Å². The Morgan fingerprint density at radius 2 is 1.93 bits per heavy atom. The van der Waals surface area contributed by atoms with Gasteiger partial charge in [0.15, 0.2) is 0 Å². The van der Waals surface area contributed by atoms with E-state index < -0.39 is 12.8 Å². The van der Waals surface area contributed by atoms with Crippen molar-refractivity contribution in [3.63, 3.8) is 0 Å². The monoisotopic (exact) mass is 427 g/mol. The Bertz CT molecular complexity index is 900. The third-order valence-electron chi connectivity index (χ3n) is 5.63. The fraction of sp³-hybridized carbons (Fsp3) is 0.500. The van der Waals surface area contributed by atoms with Gasteiger partial charge in [-0.3, -0.25) is 14.7 Å². The molecule has 1 aliphatic heterocycles. The molecule has 2 aromatic rings. The Kier molecular flexibility index (Phi) is 5.83. The SMILES string of the molecule is O=C(N[C@H]1CC[C@H](N2CC(F)C2)CC1)c1cnc2cc(OC(F)F)c(Cl)cc2c1. The number of halogens is 4. The number of alkyl halides is 3. The molecule has 0 spiro atoms. The highest BCUT2D eigenvalue weighted by molar-refractivity contribution is 6.32. The summed E-state index contributed by atoms with van der Waals surface area (Å²) < 4.78 is 42.2. The first-order valence-corrected chi connectivity index (χ1v) is 10.00. The number of nitrogens with zero attached hydrogens (tertiary/aromatic N) is 2. The average molecular weight is 428 g/mol. The Hall–Kier alpha value is -2.06.